The van der Waals surface area contributed by atoms with Crippen molar-refractivity contribution in [1.82, 2.24) is 5.32 Å². The summed E-state index contributed by atoms with van der Waals surface area (Å²) in [4.78, 5) is 0. The maximum atomic E-state index is 13.0. The molecule has 0 aliphatic heterocycles. The molecule has 84 valence electrons. The Morgan fingerprint density at radius 3 is 2.67 bits per heavy atom. The summed E-state index contributed by atoms with van der Waals surface area (Å²) in [5.41, 5.74) is 6.80. The van der Waals surface area contributed by atoms with Crippen LogP contribution in [0.15, 0.2) is 18.2 Å². The van der Waals surface area contributed by atoms with Gasteiger partial charge in [0.25, 0.3) is 0 Å². The monoisotopic (exact) mass is 212 g/mol. The van der Waals surface area contributed by atoms with Crippen molar-refractivity contribution in [2.75, 3.05) is 13.6 Å². The molecule has 4 N–H and O–H groups in total. The molecule has 15 heavy (non-hydrogen) atoms. The minimum atomic E-state index is -0.667. The molecular weight excluding hydrogens is 195 g/mol. The van der Waals surface area contributed by atoms with Gasteiger partial charge in [-0.2, -0.15) is 0 Å². The molecular formula is C11H17FN2O. The molecule has 0 saturated carbocycles. The van der Waals surface area contributed by atoms with E-state index in [1.54, 1.807) is 26.1 Å². The van der Waals surface area contributed by atoms with Gasteiger partial charge in [-0.05, 0) is 31.2 Å². The van der Waals surface area contributed by atoms with Crippen LogP contribution >= 0.6 is 0 Å². The molecule has 0 aliphatic carbocycles. The summed E-state index contributed by atoms with van der Waals surface area (Å²) < 4.78 is 13.0. The van der Waals surface area contributed by atoms with E-state index in [4.69, 9.17) is 5.73 Å². The molecule has 1 aromatic carbocycles. The topological polar surface area (TPSA) is 58.3 Å². The van der Waals surface area contributed by atoms with Crippen LogP contribution in [0.5, 0.6) is 0 Å². The Morgan fingerprint density at radius 2 is 2.20 bits per heavy atom. The van der Waals surface area contributed by atoms with Crippen molar-refractivity contribution >= 4 is 0 Å². The highest BCUT2D eigenvalue weighted by Crippen LogP contribution is 2.19. The van der Waals surface area contributed by atoms with Crippen molar-refractivity contribution in [2.24, 2.45) is 5.73 Å². The third-order valence-corrected chi connectivity index (χ3v) is 2.48. The maximum absolute atomic E-state index is 13.0. The van der Waals surface area contributed by atoms with Gasteiger partial charge in [0, 0.05) is 6.54 Å². The molecule has 1 aromatic rings. The third kappa shape index (κ3) is 2.75. The molecule has 0 spiro atoms. The Hall–Kier alpha value is -0.970. The Labute approximate surface area is 89.1 Å². The number of nitrogens with one attached hydrogen (secondary N) is 1. The number of hydrogen-bond donors (Lipinski definition) is 3. The molecule has 0 saturated heterocycles. The maximum Gasteiger partial charge on any atom is 0.126 e. The van der Waals surface area contributed by atoms with E-state index in [1.807, 2.05) is 0 Å². The Morgan fingerprint density at radius 1 is 1.53 bits per heavy atom. The number of aryl methyl sites for hydroxylation is 1. The minimum absolute atomic E-state index is 0.169. The van der Waals surface area contributed by atoms with Crippen LogP contribution in [-0.2, 0) is 0 Å². The van der Waals surface area contributed by atoms with Gasteiger partial charge in [-0.1, -0.05) is 12.1 Å². The van der Waals surface area contributed by atoms with E-state index in [9.17, 15) is 9.50 Å². The molecule has 0 aliphatic rings. The van der Waals surface area contributed by atoms with Gasteiger partial charge >= 0.3 is 0 Å². The molecule has 0 amide bonds. The highest BCUT2D eigenvalue weighted by Gasteiger charge is 2.18. The first-order chi connectivity index (χ1) is 7.10. The predicted octanol–water partition coefficient (Wildman–Crippen LogP) is 0.714. The second-order valence-corrected chi connectivity index (χ2v) is 3.58. The molecule has 3 nitrogen and oxygen atoms in total. The number of benzene rings is 1. The summed E-state index contributed by atoms with van der Waals surface area (Å²) in [6.45, 7) is 1.86. The van der Waals surface area contributed by atoms with Crippen molar-refractivity contribution in [2.45, 2.75) is 19.1 Å². The first-order valence-corrected chi connectivity index (χ1v) is 4.91. The number of rotatable bonds is 4. The van der Waals surface area contributed by atoms with E-state index in [2.05, 4.69) is 5.32 Å². The first kappa shape index (κ1) is 12.1. The summed E-state index contributed by atoms with van der Waals surface area (Å²) in [6, 6.07) is 4.52. The van der Waals surface area contributed by atoms with Gasteiger partial charge in [0.05, 0.1) is 12.1 Å². The average Bonchev–Trinajstić information content (AvgIpc) is 2.24. The number of halogens is 1. The van der Waals surface area contributed by atoms with Gasteiger partial charge in [-0.25, -0.2) is 4.39 Å². The van der Waals surface area contributed by atoms with Gasteiger partial charge in [0.15, 0.2) is 0 Å². The second-order valence-electron chi connectivity index (χ2n) is 3.58. The summed E-state index contributed by atoms with van der Waals surface area (Å²) in [5.74, 6) is -0.240. The highest BCUT2D eigenvalue weighted by molar-refractivity contribution is 5.27. The fourth-order valence-electron chi connectivity index (χ4n) is 1.58. The smallest absolute Gasteiger partial charge is 0.126 e. The van der Waals surface area contributed by atoms with Crippen LogP contribution in [0.2, 0.25) is 0 Å². The SMILES string of the molecule is CNC(c1ccc(F)c(C)c1)C(O)CN. The minimum Gasteiger partial charge on any atom is -0.390 e. The zero-order valence-corrected chi connectivity index (χ0v) is 9.00. The van der Waals surface area contributed by atoms with E-state index < -0.39 is 6.10 Å². The van der Waals surface area contributed by atoms with Gasteiger partial charge in [0.1, 0.15) is 5.82 Å². The zero-order chi connectivity index (χ0) is 11.4. The Bertz CT molecular complexity index is 330. The number of nitrogens with two attached hydrogens (primary N) is 1. The fraction of sp³-hybridized carbons (Fsp3) is 0.455. The van der Waals surface area contributed by atoms with Gasteiger partial charge in [-0.15, -0.1) is 0 Å². The number of aliphatic hydroxyl groups is 1. The van der Waals surface area contributed by atoms with Crippen LogP contribution in [0.1, 0.15) is 17.2 Å². The lowest BCUT2D eigenvalue weighted by Gasteiger charge is -2.22. The lowest BCUT2D eigenvalue weighted by atomic mass is 9.99. The summed E-state index contributed by atoms with van der Waals surface area (Å²) in [6.07, 6.45) is -0.667. The molecule has 4 heteroatoms. The van der Waals surface area contributed by atoms with Crippen molar-refractivity contribution in [3.63, 3.8) is 0 Å². The standard InChI is InChI=1S/C11H17FN2O/c1-7-5-8(3-4-9(7)12)11(14-2)10(15)6-13/h3-5,10-11,14-15H,6,13H2,1-2H3. The predicted molar refractivity (Wildman–Crippen MR) is 58.0 cm³/mol. The molecule has 0 aromatic heterocycles. The van der Waals surface area contributed by atoms with Gasteiger partial charge in [-0.3, -0.25) is 0 Å². The molecule has 2 atom stereocenters. The van der Waals surface area contributed by atoms with Crippen LogP contribution in [0.3, 0.4) is 0 Å². The van der Waals surface area contributed by atoms with Crippen LogP contribution in [0.25, 0.3) is 0 Å². The molecule has 0 heterocycles. The van der Waals surface area contributed by atoms with E-state index >= 15 is 0 Å². The highest BCUT2D eigenvalue weighted by atomic mass is 19.1. The van der Waals surface area contributed by atoms with E-state index in [1.165, 1.54) is 6.07 Å². The van der Waals surface area contributed by atoms with E-state index in [0.717, 1.165) is 5.56 Å². The van der Waals surface area contributed by atoms with Crippen molar-refractivity contribution < 1.29 is 9.50 Å². The number of hydrogen-bond acceptors (Lipinski definition) is 3. The second kappa shape index (κ2) is 5.21. The molecule has 0 fully saturated rings. The van der Waals surface area contributed by atoms with E-state index in [0.29, 0.717) is 5.56 Å². The van der Waals surface area contributed by atoms with Gasteiger partial charge < -0.3 is 16.2 Å². The van der Waals surface area contributed by atoms with Crippen LogP contribution < -0.4 is 11.1 Å². The third-order valence-electron chi connectivity index (χ3n) is 2.48. The largest absolute Gasteiger partial charge is 0.390 e. The van der Waals surface area contributed by atoms with Crippen molar-refractivity contribution in [3.05, 3.63) is 35.1 Å². The normalized spacial score (nSPS) is 15.0. The van der Waals surface area contributed by atoms with Crippen molar-refractivity contribution in [1.29, 1.82) is 0 Å². The van der Waals surface area contributed by atoms with Crippen molar-refractivity contribution in [3.8, 4) is 0 Å². The van der Waals surface area contributed by atoms with E-state index in [-0.39, 0.29) is 18.4 Å². The summed E-state index contributed by atoms with van der Waals surface area (Å²) >= 11 is 0. The van der Waals surface area contributed by atoms with Crippen LogP contribution in [-0.4, -0.2) is 24.8 Å². The number of aliphatic hydroxyl groups excluding tert-OH is 1. The average molecular weight is 212 g/mol. The summed E-state index contributed by atoms with van der Waals surface area (Å²) in [7, 11) is 1.74. The lowest BCUT2D eigenvalue weighted by Crippen LogP contribution is -2.35. The lowest BCUT2D eigenvalue weighted by molar-refractivity contribution is 0.139. The van der Waals surface area contributed by atoms with Crippen LogP contribution in [0.4, 0.5) is 4.39 Å². The Balaban J connectivity index is 2.97. The number of likely N-dealkylation sites (N-methyl/N-ethyl adjacent to an activating group) is 1. The van der Waals surface area contributed by atoms with Crippen LogP contribution in [0, 0.1) is 12.7 Å². The fourth-order valence-corrected chi connectivity index (χ4v) is 1.58. The molecule has 0 radical (unpaired) electrons. The quantitative estimate of drug-likeness (QED) is 0.689. The first-order valence-electron chi connectivity index (χ1n) is 4.91. The summed E-state index contributed by atoms with van der Waals surface area (Å²) in [5, 5.41) is 12.6. The molecule has 2 unspecified atom stereocenters. The van der Waals surface area contributed by atoms with Gasteiger partial charge in [0.2, 0.25) is 0 Å². The molecule has 0 bridgehead atoms. The molecule has 1 rings (SSSR count). The Kier molecular flexibility index (Phi) is 4.20. The zero-order valence-electron chi connectivity index (χ0n) is 9.00.